The minimum absolute atomic E-state index is 0.0399. The van der Waals surface area contributed by atoms with E-state index in [2.05, 4.69) is 5.32 Å². The molecule has 2 rings (SSSR count). The average Bonchev–Trinajstić information content (AvgIpc) is 2.59. The molecule has 0 aliphatic heterocycles. The number of Topliss-reactive ketones (excluding diaryl/α,β-unsaturated/α-hetero) is 1. The monoisotopic (exact) mass is 317 g/mol. The van der Waals surface area contributed by atoms with Gasteiger partial charge >= 0.3 is 0 Å². The zero-order chi connectivity index (χ0) is 16.9. The van der Waals surface area contributed by atoms with Crippen LogP contribution in [0, 0.1) is 11.3 Å². The van der Waals surface area contributed by atoms with E-state index in [1.54, 1.807) is 7.11 Å². The summed E-state index contributed by atoms with van der Waals surface area (Å²) >= 11 is 0. The van der Waals surface area contributed by atoms with Gasteiger partial charge in [-0.15, -0.1) is 0 Å². The molecular formula is C19H27NO3. The fourth-order valence-electron chi connectivity index (χ4n) is 3.52. The molecule has 1 aromatic rings. The van der Waals surface area contributed by atoms with Crippen molar-refractivity contribution in [2.75, 3.05) is 7.11 Å². The largest absolute Gasteiger partial charge is 0.496 e. The van der Waals surface area contributed by atoms with E-state index in [4.69, 9.17) is 4.74 Å². The molecule has 0 radical (unpaired) electrons. The van der Waals surface area contributed by atoms with Crippen molar-refractivity contribution in [1.29, 1.82) is 0 Å². The van der Waals surface area contributed by atoms with Gasteiger partial charge < -0.3 is 10.1 Å². The summed E-state index contributed by atoms with van der Waals surface area (Å²) in [5.41, 5.74) is -0.0134. The molecule has 1 unspecified atom stereocenters. The lowest BCUT2D eigenvalue weighted by Crippen LogP contribution is -2.48. The number of carbonyl (C=O) groups is 2. The van der Waals surface area contributed by atoms with Gasteiger partial charge in [-0.05, 0) is 38.7 Å². The second kappa shape index (κ2) is 7.62. The fourth-order valence-corrected chi connectivity index (χ4v) is 3.52. The number of para-hydroxylation sites is 1. The molecule has 0 heterocycles. The highest BCUT2D eigenvalue weighted by atomic mass is 16.5. The van der Waals surface area contributed by atoms with E-state index in [1.165, 1.54) is 13.3 Å². The van der Waals surface area contributed by atoms with E-state index in [0.29, 0.717) is 6.54 Å². The Morgan fingerprint density at radius 3 is 2.48 bits per heavy atom. The molecule has 0 saturated heterocycles. The van der Waals surface area contributed by atoms with Gasteiger partial charge in [-0.1, -0.05) is 37.5 Å². The Balaban J connectivity index is 2.10. The second-order valence-corrected chi connectivity index (χ2v) is 6.59. The number of nitrogens with one attached hydrogen (secondary N) is 1. The number of ether oxygens (including phenoxy) is 1. The van der Waals surface area contributed by atoms with Crippen LogP contribution >= 0.6 is 0 Å². The van der Waals surface area contributed by atoms with Crippen LogP contribution in [0.3, 0.4) is 0 Å². The third kappa shape index (κ3) is 3.74. The molecule has 4 nitrogen and oxygen atoms in total. The number of benzene rings is 1. The lowest BCUT2D eigenvalue weighted by molar-refractivity contribution is -0.144. The third-order valence-corrected chi connectivity index (χ3v) is 5.26. The van der Waals surface area contributed by atoms with Gasteiger partial charge in [0.1, 0.15) is 16.9 Å². The SMILES string of the molecule is COc1ccccc1CNC(=O)C(C)(C(C)=O)C1CCCCC1. The van der Waals surface area contributed by atoms with Gasteiger partial charge in [0, 0.05) is 12.1 Å². The highest BCUT2D eigenvalue weighted by Gasteiger charge is 2.45. The smallest absolute Gasteiger partial charge is 0.233 e. The van der Waals surface area contributed by atoms with Crippen molar-refractivity contribution in [2.45, 2.75) is 52.5 Å². The van der Waals surface area contributed by atoms with Crippen molar-refractivity contribution in [1.82, 2.24) is 5.32 Å². The molecule has 1 aliphatic rings. The van der Waals surface area contributed by atoms with Crippen molar-refractivity contribution < 1.29 is 14.3 Å². The molecule has 1 fully saturated rings. The molecule has 0 spiro atoms. The summed E-state index contributed by atoms with van der Waals surface area (Å²) in [7, 11) is 1.61. The van der Waals surface area contributed by atoms with Crippen LogP contribution < -0.4 is 10.1 Å². The van der Waals surface area contributed by atoms with E-state index in [9.17, 15) is 9.59 Å². The molecule has 23 heavy (non-hydrogen) atoms. The Hall–Kier alpha value is -1.84. The molecule has 1 saturated carbocycles. The van der Waals surface area contributed by atoms with Gasteiger partial charge in [-0.2, -0.15) is 0 Å². The highest BCUT2D eigenvalue weighted by Crippen LogP contribution is 2.39. The maximum Gasteiger partial charge on any atom is 0.233 e. The molecule has 1 amide bonds. The maximum atomic E-state index is 12.8. The minimum atomic E-state index is -0.928. The van der Waals surface area contributed by atoms with Crippen LogP contribution in [-0.2, 0) is 16.1 Å². The fraction of sp³-hybridized carbons (Fsp3) is 0.579. The van der Waals surface area contributed by atoms with E-state index in [-0.39, 0.29) is 17.6 Å². The predicted molar refractivity (Wildman–Crippen MR) is 90.2 cm³/mol. The van der Waals surface area contributed by atoms with Gasteiger partial charge in [0.15, 0.2) is 0 Å². The normalized spacial score (nSPS) is 18.0. The minimum Gasteiger partial charge on any atom is -0.496 e. The van der Waals surface area contributed by atoms with Crippen molar-refractivity contribution in [3.63, 3.8) is 0 Å². The van der Waals surface area contributed by atoms with Crippen LogP contribution in [0.5, 0.6) is 5.75 Å². The second-order valence-electron chi connectivity index (χ2n) is 6.59. The van der Waals surface area contributed by atoms with Crippen LogP contribution in [0.25, 0.3) is 0 Å². The van der Waals surface area contributed by atoms with E-state index >= 15 is 0 Å². The quantitative estimate of drug-likeness (QED) is 0.817. The molecule has 1 atom stereocenters. The molecular weight excluding hydrogens is 290 g/mol. The van der Waals surface area contributed by atoms with E-state index in [0.717, 1.165) is 37.0 Å². The lowest BCUT2D eigenvalue weighted by atomic mass is 9.67. The van der Waals surface area contributed by atoms with E-state index < -0.39 is 5.41 Å². The predicted octanol–water partition coefficient (Wildman–Crippen LogP) is 3.49. The Morgan fingerprint density at radius 1 is 1.22 bits per heavy atom. The van der Waals surface area contributed by atoms with E-state index in [1.807, 2.05) is 31.2 Å². The summed E-state index contributed by atoms with van der Waals surface area (Å²) in [4.78, 5) is 25.1. The number of ketones is 1. The summed E-state index contributed by atoms with van der Waals surface area (Å²) in [6, 6.07) is 7.60. The summed E-state index contributed by atoms with van der Waals surface area (Å²) in [5, 5.41) is 2.95. The number of amides is 1. The van der Waals surface area contributed by atoms with Gasteiger partial charge in [0.2, 0.25) is 5.91 Å². The molecule has 0 bridgehead atoms. The number of hydrogen-bond acceptors (Lipinski definition) is 3. The first-order valence-electron chi connectivity index (χ1n) is 8.41. The number of methoxy groups -OCH3 is 1. The number of rotatable bonds is 6. The highest BCUT2D eigenvalue weighted by molar-refractivity contribution is 6.05. The van der Waals surface area contributed by atoms with Crippen molar-refractivity contribution in [3.8, 4) is 5.75 Å². The summed E-state index contributed by atoms with van der Waals surface area (Å²) < 4.78 is 5.31. The van der Waals surface area contributed by atoms with Crippen molar-refractivity contribution in [3.05, 3.63) is 29.8 Å². The van der Waals surface area contributed by atoms with Crippen molar-refractivity contribution >= 4 is 11.7 Å². The van der Waals surface area contributed by atoms with Gasteiger partial charge in [-0.3, -0.25) is 9.59 Å². The topological polar surface area (TPSA) is 55.4 Å². The van der Waals surface area contributed by atoms with Gasteiger partial charge in [-0.25, -0.2) is 0 Å². The Kier molecular flexibility index (Phi) is 5.80. The first-order chi connectivity index (χ1) is 11.0. The first-order valence-corrected chi connectivity index (χ1v) is 8.41. The van der Waals surface area contributed by atoms with Crippen molar-refractivity contribution in [2.24, 2.45) is 11.3 Å². The zero-order valence-corrected chi connectivity index (χ0v) is 14.4. The molecule has 4 heteroatoms. The molecule has 1 aliphatic carbocycles. The van der Waals surface area contributed by atoms with Crippen LogP contribution in [0.2, 0.25) is 0 Å². The van der Waals surface area contributed by atoms with Crippen LogP contribution in [0.15, 0.2) is 24.3 Å². The zero-order valence-electron chi connectivity index (χ0n) is 14.4. The first kappa shape index (κ1) is 17.5. The summed E-state index contributed by atoms with van der Waals surface area (Å²) in [5.74, 6) is 0.686. The average molecular weight is 317 g/mol. The van der Waals surface area contributed by atoms with Crippen LogP contribution in [0.1, 0.15) is 51.5 Å². The summed E-state index contributed by atoms with van der Waals surface area (Å²) in [6.45, 7) is 3.72. The third-order valence-electron chi connectivity index (χ3n) is 5.26. The number of hydrogen-bond donors (Lipinski definition) is 1. The Bertz CT molecular complexity index is 563. The van der Waals surface area contributed by atoms with Gasteiger partial charge in [0.25, 0.3) is 0 Å². The Morgan fingerprint density at radius 2 is 1.87 bits per heavy atom. The maximum absolute atomic E-state index is 12.8. The Labute approximate surface area is 138 Å². The summed E-state index contributed by atoms with van der Waals surface area (Å²) in [6.07, 6.45) is 5.32. The standard InChI is InChI=1S/C19H27NO3/c1-14(21)19(2,16-10-5-4-6-11-16)18(22)20-13-15-9-7-8-12-17(15)23-3/h7-9,12,16H,4-6,10-11,13H2,1-3H3,(H,20,22). The molecule has 126 valence electrons. The van der Waals surface area contributed by atoms with Crippen LogP contribution in [0.4, 0.5) is 0 Å². The van der Waals surface area contributed by atoms with Gasteiger partial charge in [0.05, 0.1) is 7.11 Å². The molecule has 1 aromatic carbocycles. The van der Waals surface area contributed by atoms with Crippen LogP contribution in [-0.4, -0.2) is 18.8 Å². The molecule has 1 N–H and O–H groups in total. The molecule has 0 aromatic heterocycles. The lowest BCUT2D eigenvalue weighted by Gasteiger charge is -2.36. The number of carbonyl (C=O) groups excluding carboxylic acids is 2.